The Morgan fingerprint density at radius 2 is 1.60 bits per heavy atom. The summed E-state index contributed by atoms with van der Waals surface area (Å²) in [6.45, 7) is 7.87. The number of Topliss-reactive ketones (excluding diaryl/α,β-unsaturated/α-hetero) is 1. The van der Waals surface area contributed by atoms with Crippen LogP contribution in [0.3, 0.4) is 0 Å². The summed E-state index contributed by atoms with van der Waals surface area (Å²) in [5.74, 6) is -1.70. The molecule has 1 amide bonds. The first kappa shape index (κ1) is 24.2. The minimum absolute atomic E-state index is 0.0414. The van der Waals surface area contributed by atoms with E-state index in [0.717, 1.165) is 5.56 Å². The maximum Gasteiger partial charge on any atom is 0.300 e. The Kier molecular flexibility index (Phi) is 6.24. The van der Waals surface area contributed by atoms with E-state index < -0.39 is 23.5 Å². The van der Waals surface area contributed by atoms with Crippen molar-refractivity contribution < 1.29 is 23.8 Å². The zero-order valence-corrected chi connectivity index (χ0v) is 20.4. The molecule has 3 aromatic carbocycles. The quantitative estimate of drug-likeness (QED) is 0.284. The number of hydrogen-bond acceptors (Lipinski definition) is 4. The first-order valence-corrected chi connectivity index (χ1v) is 11.3. The Bertz CT molecular complexity index is 1320. The van der Waals surface area contributed by atoms with E-state index in [0.29, 0.717) is 22.6 Å². The van der Waals surface area contributed by atoms with Gasteiger partial charge in [-0.25, -0.2) is 4.39 Å². The normalized spacial score (nSPS) is 17.7. The average molecular weight is 474 g/mol. The summed E-state index contributed by atoms with van der Waals surface area (Å²) in [5.41, 5.74) is 2.73. The van der Waals surface area contributed by atoms with Crippen molar-refractivity contribution in [1.29, 1.82) is 0 Å². The second-order valence-electron chi connectivity index (χ2n) is 9.70. The van der Waals surface area contributed by atoms with Gasteiger partial charge in [0.25, 0.3) is 11.7 Å². The number of aliphatic hydroxyl groups is 1. The predicted octanol–water partition coefficient (Wildman–Crippen LogP) is 6.07. The van der Waals surface area contributed by atoms with E-state index in [1.165, 1.54) is 23.1 Å². The number of ether oxygens (including phenoxy) is 1. The van der Waals surface area contributed by atoms with Gasteiger partial charge >= 0.3 is 0 Å². The second-order valence-corrected chi connectivity index (χ2v) is 9.70. The lowest BCUT2D eigenvalue weighted by molar-refractivity contribution is -0.132. The molecule has 0 aliphatic carbocycles. The molecule has 1 N–H and O–H groups in total. The minimum Gasteiger partial charge on any atom is -0.507 e. The molecule has 1 unspecified atom stereocenters. The zero-order valence-electron chi connectivity index (χ0n) is 20.4. The Morgan fingerprint density at radius 1 is 0.971 bits per heavy atom. The third-order valence-corrected chi connectivity index (χ3v) is 6.32. The summed E-state index contributed by atoms with van der Waals surface area (Å²) < 4.78 is 19.1. The molecule has 0 saturated carbocycles. The number of hydrogen-bond donors (Lipinski definition) is 1. The highest BCUT2D eigenvalue weighted by molar-refractivity contribution is 6.51. The molecule has 1 aliphatic heterocycles. The van der Waals surface area contributed by atoms with Crippen molar-refractivity contribution in [2.75, 3.05) is 12.0 Å². The van der Waals surface area contributed by atoms with Gasteiger partial charge in [0.2, 0.25) is 0 Å². The number of benzene rings is 3. The van der Waals surface area contributed by atoms with Crippen molar-refractivity contribution in [2.45, 2.75) is 39.2 Å². The molecule has 0 radical (unpaired) electrons. The highest BCUT2D eigenvalue weighted by Crippen LogP contribution is 2.43. The molecule has 1 heterocycles. The molecule has 3 aromatic rings. The van der Waals surface area contributed by atoms with E-state index in [1.807, 2.05) is 24.3 Å². The first-order chi connectivity index (χ1) is 16.5. The molecule has 180 valence electrons. The molecule has 0 spiro atoms. The van der Waals surface area contributed by atoms with Crippen LogP contribution >= 0.6 is 0 Å². The summed E-state index contributed by atoms with van der Waals surface area (Å²) in [7, 11) is 1.54. The third-order valence-electron chi connectivity index (χ3n) is 6.32. The second kappa shape index (κ2) is 9.02. The summed E-state index contributed by atoms with van der Waals surface area (Å²) in [6.07, 6.45) is 0. The van der Waals surface area contributed by atoms with Gasteiger partial charge < -0.3 is 9.84 Å². The van der Waals surface area contributed by atoms with Gasteiger partial charge in [0.1, 0.15) is 17.3 Å². The van der Waals surface area contributed by atoms with Gasteiger partial charge in [-0.1, -0.05) is 45.0 Å². The van der Waals surface area contributed by atoms with Gasteiger partial charge in [-0.05, 0) is 71.5 Å². The fraction of sp³-hybridized carbons (Fsp3) is 0.241. The maximum absolute atomic E-state index is 13.9. The number of rotatable bonds is 4. The maximum atomic E-state index is 13.9. The van der Waals surface area contributed by atoms with E-state index in [-0.39, 0.29) is 22.3 Å². The van der Waals surface area contributed by atoms with Gasteiger partial charge in [0, 0.05) is 11.3 Å². The lowest BCUT2D eigenvalue weighted by Crippen LogP contribution is -2.29. The Hall–Kier alpha value is -3.93. The third kappa shape index (κ3) is 4.44. The van der Waals surface area contributed by atoms with Crippen LogP contribution in [0.5, 0.6) is 5.75 Å². The lowest BCUT2D eigenvalue weighted by atomic mass is 9.85. The Balaban J connectivity index is 1.92. The number of ketones is 1. The molecule has 1 aliphatic rings. The van der Waals surface area contributed by atoms with E-state index in [2.05, 4.69) is 20.8 Å². The van der Waals surface area contributed by atoms with E-state index in [9.17, 15) is 19.1 Å². The molecular formula is C29H28FNO4. The van der Waals surface area contributed by atoms with Gasteiger partial charge in [-0.3, -0.25) is 14.5 Å². The van der Waals surface area contributed by atoms with Crippen LogP contribution in [-0.4, -0.2) is 23.9 Å². The number of methoxy groups -OCH3 is 1. The number of amides is 1. The van der Waals surface area contributed by atoms with E-state index in [4.69, 9.17) is 4.74 Å². The summed E-state index contributed by atoms with van der Waals surface area (Å²) >= 11 is 0. The van der Waals surface area contributed by atoms with Crippen molar-refractivity contribution in [3.8, 4) is 5.75 Å². The fourth-order valence-corrected chi connectivity index (χ4v) is 4.27. The van der Waals surface area contributed by atoms with Gasteiger partial charge in [-0.15, -0.1) is 0 Å². The van der Waals surface area contributed by atoms with Crippen molar-refractivity contribution in [1.82, 2.24) is 0 Å². The van der Waals surface area contributed by atoms with Crippen molar-refractivity contribution in [2.24, 2.45) is 0 Å². The SMILES string of the molecule is COc1ccc(N2C(=O)C(=O)/C(=C(\O)c3ccc(F)c(C)c3)C2c2ccc(C(C)(C)C)cc2)cc1. The smallest absolute Gasteiger partial charge is 0.300 e. The minimum atomic E-state index is -0.859. The van der Waals surface area contributed by atoms with Crippen LogP contribution in [0.1, 0.15) is 49.1 Å². The molecule has 6 heteroatoms. The van der Waals surface area contributed by atoms with Crippen molar-refractivity contribution in [3.05, 3.63) is 100 Å². The number of aryl methyl sites for hydroxylation is 1. The van der Waals surface area contributed by atoms with Crippen LogP contribution in [0.25, 0.3) is 5.76 Å². The monoisotopic (exact) mass is 473 g/mol. The lowest BCUT2D eigenvalue weighted by Gasteiger charge is -2.26. The molecule has 4 rings (SSSR count). The van der Waals surface area contributed by atoms with Crippen molar-refractivity contribution in [3.63, 3.8) is 0 Å². The number of aliphatic hydroxyl groups excluding tert-OH is 1. The Morgan fingerprint density at radius 3 is 2.14 bits per heavy atom. The molecule has 0 bridgehead atoms. The molecule has 5 nitrogen and oxygen atoms in total. The number of nitrogens with zero attached hydrogens (tertiary/aromatic N) is 1. The van der Waals surface area contributed by atoms with Crippen LogP contribution < -0.4 is 9.64 Å². The predicted molar refractivity (Wildman–Crippen MR) is 134 cm³/mol. The molecule has 35 heavy (non-hydrogen) atoms. The topological polar surface area (TPSA) is 66.8 Å². The fourth-order valence-electron chi connectivity index (χ4n) is 4.27. The number of carbonyl (C=O) groups excluding carboxylic acids is 2. The van der Waals surface area contributed by atoms with E-state index >= 15 is 0 Å². The Labute approximate surface area is 204 Å². The average Bonchev–Trinajstić information content (AvgIpc) is 3.10. The summed E-state index contributed by atoms with van der Waals surface area (Å²) in [6, 6.07) is 17.7. The van der Waals surface area contributed by atoms with Crippen LogP contribution in [0.15, 0.2) is 72.3 Å². The van der Waals surface area contributed by atoms with Gasteiger partial charge in [0.15, 0.2) is 0 Å². The molecule has 1 saturated heterocycles. The van der Waals surface area contributed by atoms with Crippen LogP contribution in [-0.2, 0) is 15.0 Å². The summed E-state index contributed by atoms with van der Waals surface area (Å²) in [4.78, 5) is 27.9. The van der Waals surface area contributed by atoms with Gasteiger partial charge in [-0.2, -0.15) is 0 Å². The largest absolute Gasteiger partial charge is 0.507 e. The molecule has 0 aromatic heterocycles. The first-order valence-electron chi connectivity index (χ1n) is 11.3. The molecular weight excluding hydrogens is 445 g/mol. The van der Waals surface area contributed by atoms with Crippen molar-refractivity contribution >= 4 is 23.1 Å². The van der Waals surface area contributed by atoms with Crippen LogP contribution in [0.4, 0.5) is 10.1 Å². The standard InChI is InChI=1S/C29H28FNO4/c1-17-16-19(8-15-23(17)30)26(32)24-25(18-6-9-20(10-7-18)29(2,3)4)31(28(34)27(24)33)21-11-13-22(35-5)14-12-21/h6-16,25,32H,1-5H3/b26-24-. The highest BCUT2D eigenvalue weighted by Gasteiger charge is 2.47. The number of halogens is 1. The zero-order chi connectivity index (χ0) is 25.5. The van der Waals surface area contributed by atoms with E-state index in [1.54, 1.807) is 38.3 Å². The molecule has 1 atom stereocenters. The number of anilines is 1. The number of carbonyl (C=O) groups is 2. The van der Waals surface area contributed by atoms with Gasteiger partial charge in [0.05, 0.1) is 18.7 Å². The van der Waals surface area contributed by atoms with Crippen LogP contribution in [0.2, 0.25) is 0 Å². The summed E-state index contributed by atoms with van der Waals surface area (Å²) in [5, 5.41) is 11.2. The highest BCUT2D eigenvalue weighted by atomic mass is 19.1. The molecule has 1 fully saturated rings. The van der Waals surface area contributed by atoms with Crippen LogP contribution in [0, 0.1) is 12.7 Å².